The summed E-state index contributed by atoms with van der Waals surface area (Å²) in [5.41, 5.74) is 1.27. The first-order valence-corrected chi connectivity index (χ1v) is 7.18. The van der Waals surface area contributed by atoms with Crippen LogP contribution < -0.4 is 0 Å². The first kappa shape index (κ1) is 16.7. The molecule has 0 aliphatic carbocycles. The lowest BCUT2D eigenvalue weighted by Gasteiger charge is -2.23. The van der Waals surface area contributed by atoms with E-state index in [2.05, 4.69) is 36.0 Å². The van der Waals surface area contributed by atoms with Gasteiger partial charge in [0.2, 0.25) is 0 Å². The number of hydrogen-bond donors (Lipinski definition) is 0. The summed E-state index contributed by atoms with van der Waals surface area (Å²) in [7, 11) is 4.12. The molecular weight excluding hydrogens is 252 g/mol. The van der Waals surface area contributed by atoms with E-state index in [9.17, 15) is 4.79 Å². The van der Waals surface area contributed by atoms with Gasteiger partial charge in [0, 0.05) is 26.2 Å². The Labute approximate surface area is 122 Å². The van der Waals surface area contributed by atoms with Crippen molar-refractivity contribution in [3.05, 3.63) is 35.9 Å². The van der Waals surface area contributed by atoms with Crippen LogP contribution in [-0.2, 0) is 16.1 Å². The van der Waals surface area contributed by atoms with Gasteiger partial charge in [0.05, 0.1) is 13.0 Å². The molecule has 0 unspecified atom stereocenters. The minimum Gasteiger partial charge on any atom is -0.466 e. The summed E-state index contributed by atoms with van der Waals surface area (Å²) in [5, 5.41) is 0. The molecule has 0 bridgehead atoms. The Morgan fingerprint density at radius 3 is 2.40 bits per heavy atom. The SMILES string of the molecule is CCOC(=O)CCN(CCN(C)C)Cc1ccccc1. The Morgan fingerprint density at radius 2 is 1.80 bits per heavy atom. The van der Waals surface area contributed by atoms with Crippen molar-refractivity contribution in [1.29, 1.82) is 0 Å². The maximum Gasteiger partial charge on any atom is 0.307 e. The van der Waals surface area contributed by atoms with Crippen LogP contribution in [0.5, 0.6) is 0 Å². The number of rotatable bonds is 9. The zero-order chi connectivity index (χ0) is 14.8. The lowest BCUT2D eigenvalue weighted by molar-refractivity contribution is -0.143. The molecule has 0 saturated carbocycles. The third-order valence-corrected chi connectivity index (χ3v) is 3.05. The summed E-state index contributed by atoms with van der Waals surface area (Å²) < 4.78 is 4.99. The van der Waals surface area contributed by atoms with Gasteiger partial charge in [0.25, 0.3) is 0 Å². The molecule has 0 saturated heterocycles. The zero-order valence-electron chi connectivity index (χ0n) is 12.8. The van der Waals surface area contributed by atoms with Crippen LogP contribution in [0, 0.1) is 0 Å². The van der Waals surface area contributed by atoms with Crippen LogP contribution in [0.1, 0.15) is 18.9 Å². The van der Waals surface area contributed by atoms with Crippen molar-refractivity contribution < 1.29 is 9.53 Å². The summed E-state index contributed by atoms with van der Waals surface area (Å²) in [6.45, 7) is 5.83. The van der Waals surface area contributed by atoms with Crippen LogP contribution in [0.3, 0.4) is 0 Å². The van der Waals surface area contributed by atoms with Gasteiger partial charge in [-0.1, -0.05) is 30.3 Å². The molecule has 0 amide bonds. The second kappa shape index (κ2) is 9.50. The van der Waals surface area contributed by atoms with Crippen LogP contribution >= 0.6 is 0 Å². The quantitative estimate of drug-likeness (QED) is 0.647. The summed E-state index contributed by atoms with van der Waals surface area (Å²) in [5.74, 6) is -0.115. The van der Waals surface area contributed by atoms with E-state index in [1.165, 1.54) is 5.56 Å². The number of carbonyl (C=O) groups is 1. The average Bonchev–Trinajstić information content (AvgIpc) is 2.43. The van der Waals surface area contributed by atoms with Crippen LogP contribution in [0.2, 0.25) is 0 Å². The van der Waals surface area contributed by atoms with Crippen LogP contribution in [0.15, 0.2) is 30.3 Å². The van der Waals surface area contributed by atoms with Crippen molar-refractivity contribution in [3.63, 3.8) is 0 Å². The number of likely N-dealkylation sites (N-methyl/N-ethyl adjacent to an activating group) is 1. The molecular formula is C16H26N2O2. The van der Waals surface area contributed by atoms with E-state index in [0.29, 0.717) is 13.0 Å². The maximum atomic E-state index is 11.5. The molecule has 0 heterocycles. The molecule has 4 nitrogen and oxygen atoms in total. The van der Waals surface area contributed by atoms with Crippen molar-refractivity contribution in [2.45, 2.75) is 19.9 Å². The normalized spacial score (nSPS) is 11.1. The highest BCUT2D eigenvalue weighted by molar-refractivity contribution is 5.69. The average molecular weight is 278 g/mol. The fourth-order valence-electron chi connectivity index (χ4n) is 1.94. The molecule has 1 aromatic carbocycles. The van der Waals surface area contributed by atoms with Gasteiger partial charge in [0.15, 0.2) is 0 Å². The van der Waals surface area contributed by atoms with Gasteiger partial charge in [-0.2, -0.15) is 0 Å². The lowest BCUT2D eigenvalue weighted by atomic mass is 10.2. The number of esters is 1. The Balaban J connectivity index is 2.49. The van der Waals surface area contributed by atoms with Crippen LogP contribution in [0.25, 0.3) is 0 Å². The van der Waals surface area contributed by atoms with E-state index >= 15 is 0 Å². The van der Waals surface area contributed by atoms with E-state index in [1.54, 1.807) is 0 Å². The molecule has 20 heavy (non-hydrogen) atoms. The molecule has 0 aliphatic rings. The lowest BCUT2D eigenvalue weighted by Crippen LogP contribution is -2.33. The molecule has 1 aromatic rings. The Hall–Kier alpha value is -1.39. The zero-order valence-corrected chi connectivity index (χ0v) is 12.8. The first-order valence-electron chi connectivity index (χ1n) is 7.18. The third-order valence-electron chi connectivity index (χ3n) is 3.05. The standard InChI is InChI=1S/C16H26N2O2/c1-4-20-16(19)10-11-18(13-12-17(2)3)14-15-8-6-5-7-9-15/h5-9H,4,10-14H2,1-3H3. The second-order valence-corrected chi connectivity index (χ2v) is 5.12. The number of hydrogen-bond acceptors (Lipinski definition) is 4. The van der Waals surface area contributed by atoms with Gasteiger partial charge in [0.1, 0.15) is 0 Å². The molecule has 0 spiro atoms. The van der Waals surface area contributed by atoms with Gasteiger partial charge < -0.3 is 9.64 Å². The molecule has 0 fully saturated rings. The Bertz CT molecular complexity index is 379. The van der Waals surface area contributed by atoms with Crippen molar-refractivity contribution in [2.75, 3.05) is 40.3 Å². The molecule has 112 valence electrons. The van der Waals surface area contributed by atoms with Gasteiger partial charge in [-0.25, -0.2) is 0 Å². The van der Waals surface area contributed by atoms with Crippen molar-refractivity contribution in [3.8, 4) is 0 Å². The summed E-state index contributed by atoms with van der Waals surface area (Å²) in [4.78, 5) is 15.9. The Morgan fingerprint density at radius 1 is 1.10 bits per heavy atom. The van der Waals surface area contributed by atoms with Gasteiger partial charge >= 0.3 is 5.97 Å². The molecule has 0 N–H and O–H groups in total. The van der Waals surface area contributed by atoms with Crippen molar-refractivity contribution >= 4 is 5.97 Å². The summed E-state index contributed by atoms with van der Waals surface area (Å²) in [6, 6.07) is 10.3. The first-order chi connectivity index (χ1) is 9.61. The van der Waals surface area contributed by atoms with Crippen molar-refractivity contribution in [1.82, 2.24) is 9.80 Å². The minimum absolute atomic E-state index is 0.115. The van der Waals surface area contributed by atoms with Gasteiger partial charge in [-0.15, -0.1) is 0 Å². The maximum absolute atomic E-state index is 11.5. The highest BCUT2D eigenvalue weighted by atomic mass is 16.5. The van der Waals surface area contributed by atoms with Crippen LogP contribution in [0.4, 0.5) is 0 Å². The predicted molar refractivity (Wildman–Crippen MR) is 81.5 cm³/mol. The monoisotopic (exact) mass is 278 g/mol. The molecule has 1 rings (SSSR count). The van der Waals surface area contributed by atoms with Crippen LogP contribution in [-0.4, -0.2) is 56.1 Å². The molecule has 0 radical (unpaired) electrons. The van der Waals surface area contributed by atoms with E-state index < -0.39 is 0 Å². The predicted octanol–water partition coefficient (Wildman–Crippen LogP) is 2.00. The second-order valence-electron chi connectivity index (χ2n) is 5.12. The summed E-state index contributed by atoms with van der Waals surface area (Å²) in [6.07, 6.45) is 0.452. The molecule has 0 atom stereocenters. The van der Waals surface area contributed by atoms with Crippen molar-refractivity contribution in [2.24, 2.45) is 0 Å². The molecule has 4 heteroatoms. The summed E-state index contributed by atoms with van der Waals surface area (Å²) >= 11 is 0. The number of benzene rings is 1. The molecule has 0 aromatic heterocycles. The van der Waals surface area contributed by atoms with E-state index in [-0.39, 0.29) is 5.97 Å². The molecule has 0 aliphatic heterocycles. The largest absolute Gasteiger partial charge is 0.466 e. The van der Waals surface area contributed by atoms with Gasteiger partial charge in [-0.3, -0.25) is 9.69 Å². The number of nitrogens with zero attached hydrogens (tertiary/aromatic N) is 2. The highest BCUT2D eigenvalue weighted by Gasteiger charge is 2.10. The van der Waals surface area contributed by atoms with E-state index in [4.69, 9.17) is 4.74 Å². The minimum atomic E-state index is -0.115. The Kier molecular flexibility index (Phi) is 7.92. The number of ether oxygens (including phenoxy) is 1. The third kappa shape index (κ3) is 7.26. The number of carbonyl (C=O) groups excluding carboxylic acids is 1. The fourth-order valence-corrected chi connectivity index (χ4v) is 1.94. The topological polar surface area (TPSA) is 32.8 Å². The van der Waals surface area contributed by atoms with E-state index in [0.717, 1.165) is 26.2 Å². The smallest absolute Gasteiger partial charge is 0.307 e. The highest BCUT2D eigenvalue weighted by Crippen LogP contribution is 2.05. The fraction of sp³-hybridized carbons (Fsp3) is 0.562. The van der Waals surface area contributed by atoms with E-state index in [1.807, 2.05) is 25.1 Å². The van der Waals surface area contributed by atoms with Gasteiger partial charge in [-0.05, 0) is 26.6 Å².